The molecule has 0 fully saturated rings. The Morgan fingerprint density at radius 3 is 2.48 bits per heavy atom. The van der Waals surface area contributed by atoms with Crippen LogP contribution in [0.2, 0.25) is 0 Å². The Hall–Kier alpha value is -1.21. The molecular formula is C15H20N2O2S2. The van der Waals surface area contributed by atoms with Gasteiger partial charge in [-0.15, -0.1) is 11.3 Å². The molecule has 21 heavy (non-hydrogen) atoms. The number of rotatable bonds is 7. The summed E-state index contributed by atoms with van der Waals surface area (Å²) in [5, 5.41) is 3.18. The number of hydrogen-bond acceptors (Lipinski definition) is 4. The highest BCUT2D eigenvalue weighted by molar-refractivity contribution is 7.89. The summed E-state index contributed by atoms with van der Waals surface area (Å²) in [5.74, 6) is 0.122. The third kappa shape index (κ3) is 4.64. The molecule has 1 N–H and O–H groups in total. The molecule has 1 heterocycles. The van der Waals surface area contributed by atoms with E-state index in [1.807, 2.05) is 18.2 Å². The molecule has 6 heteroatoms. The molecule has 114 valence electrons. The quantitative estimate of drug-likeness (QED) is 0.796. The van der Waals surface area contributed by atoms with E-state index >= 15 is 0 Å². The maximum absolute atomic E-state index is 11.6. The van der Waals surface area contributed by atoms with Crippen LogP contribution in [0.5, 0.6) is 0 Å². The van der Waals surface area contributed by atoms with Crippen LogP contribution < -0.4 is 5.32 Å². The predicted molar refractivity (Wildman–Crippen MR) is 88.9 cm³/mol. The van der Waals surface area contributed by atoms with Crippen molar-refractivity contribution in [1.29, 1.82) is 0 Å². The monoisotopic (exact) mass is 324 g/mol. The summed E-state index contributed by atoms with van der Waals surface area (Å²) in [6.07, 6.45) is 0. The van der Waals surface area contributed by atoms with Crippen LogP contribution in [0, 0.1) is 0 Å². The maximum atomic E-state index is 11.6. The summed E-state index contributed by atoms with van der Waals surface area (Å²) in [6.45, 7) is 1.15. The second kappa shape index (κ2) is 7.17. The Labute approximate surface area is 130 Å². The maximum Gasteiger partial charge on any atom is 0.214 e. The molecule has 0 saturated carbocycles. The number of benzene rings is 1. The third-order valence-electron chi connectivity index (χ3n) is 3.11. The summed E-state index contributed by atoms with van der Waals surface area (Å²) < 4.78 is 24.5. The zero-order valence-corrected chi connectivity index (χ0v) is 13.9. The molecule has 0 aliphatic rings. The first-order chi connectivity index (χ1) is 9.99. The van der Waals surface area contributed by atoms with Crippen LogP contribution in [0.4, 0.5) is 0 Å². The molecule has 0 bridgehead atoms. The summed E-state index contributed by atoms with van der Waals surface area (Å²) in [4.78, 5) is 2.43. The van der Waals surface area contributed by atoms with Gasteiger partial charge in [-0.25, -0.2) is 12.7 Å². The highest BCUT2D eigenvalue weighted by Gasteiger charge is 2.12. The Bertz CT molecular complexity index is 664. The zero-order chi connectivity index (χ0) is 15.3. The van der Waals surface area contributed by atoms with Crippen molar-refractivity contribution >= 4 is 21.4 Å². The molecule has 0 aliphatic heterocycles. The van der Waals surface area contributed by atoms with Gasteiger partial charge in [-0.05, 0) is 17.7 Å². The van der Waals surface area contributed by atoms with E-state index < -0.39 is 10.0 Å². The van der Waals surface area contributed by atoms with Gasteiger partial charge in [0, 0.05) is 36.9 Å². The number of hydrogen-bond donors (Lipinski definition) is 1. The standard InChI is InChI=1S/C15H20N2O2S2/c1-17(2)21(18,19)11-10-16-12-14-8-9-15(20-14)13-6-4-3-5-7-13/h3-9,16H,10-12H2,1-2H3. The van der Waals surface area contributed by atoms with Crippen molar-refractivity contribution < 1.29 is 8.42 Å². The van der Waals surface area contributed by atoms with Crippen molar-refractivity contribution in [2.75, 3.05) is 26.4 Å². The van der Waals surface area contributed by atoms with Gasteiger partial charge >= 0.3 is 0 Å². The molecule has 1 aromatic carbocycles. The third-order valence-corrected chi connectivity index (χ3v) is 6.08. The number of sulfonamides is 1. The van der Waals surface area contributed by atoms with E-state index in [2.05, 4.69) is 29.6 Å². The summed E-state index contributed by atoms with van der Waals surface area (Å²) in [5.41, 5.74) is 1.21. The van der Waals surface area contributed by atoms with E-state index in [0.717, 1.165) is 0 Å². The van der Waals surface area contributed by atoms with Crippen molar-refractivity contribution in [3.63, 3.8) is 0 Å². The molecule has 0 aliphatic carbocycles. The Kier molecular flexibility index (Phi) is 5.52. The fourth-order valence-corrected chi connectivity index (χ4v) is 3.58. The molecule has 0 radical (unpaired) electrons. The first-order valence-electron chi connectivity index (χ1n) is 6.74. The fourth-order valence-electron chi connectivity index (χ4n) is 1.83. The Morgan fingerprint density at radius 1 is 1.10 bits per heavy atom. The number of nitrogens with zero attached hydrogens (tertiary/aromatic N) is 1. The number of nitrogens with one attached hydrogen (secondary N) is 1. The van der Waals surface area contributed by atoms with Gasteiger partial charge in [0.2, 0.25) is 10.0 Å². The van der Waals surface area contributed by atoms with Crippen LogP contribution in [0.1, 0.15) is 4.88 Å². The second-order valence-electron chi connectivity index (χ2n) is 4.91. The molecule has 2 rings (SSSR count). The van der Waals surface area contributed by atoms with Crippen molar-refractivity contribution in [3.05, 3.63) is 47.3 Å². The van der Waals surface area contributed by atoms with Gasteiger partial charge in [-0.2, -0.15) is 0 Å². The molecule has 0 unspecified atom stereocenters. The average molecular weight is 324 g/mol. The predicted octanol–water partition coefficient (Wildman–Crippen LogP) is 2.40. The zero-order valence-electron chi connectivity index (χ0n) is 12.2. The van der Waals surface area contributed by atoms with Crippen LogP contribution in [0.15, 0.2) is 42.5 Å². The molecule has 0 spiro atoms. The van der Waals surface area contributed by atoms with E-state index in [9.17, 15) is 8.42 Å². The Balaban J connectivity index is 1.84. The molecule has 0 saturated heterocycles. The van der Waals surface area contributed by atoms with Crippen LogP contribution >= 0.6 is 11.3 Å². The molecule has 0 atom stereocenters. The average Bonchev–Trinajstić information content (AvgIpc) is 2.93. The SMILES string of the molecule is CN(C)S(=O)(=O)CCNCc1ccc(-c2ccccc2)s1. The van der Waals surface area contributed by atoms with Gasteiger partial charge in [0.15, 0.2) is 0 Å². The van der Waals surface area contributed by atoms with Gasteiger partial charge in [-0.3, -0.25) is 0 Å². The van der Waals surface area contributed by atoms with Crippen molar-refractivity contribution in [1.82, 2.24) is 9.62 Å². The van der Waals surface area contributed by atoms with Crippen molar-refractivity contribution in [3.8, 4) is 10.4 Å². The van der Waals surface area contributed by atoms with Crippen LogP contribution in [-0.4, -0.2) is 39.1 Å². The van der Waals surface area contributed by atoms with Gasteiger partial charge in [-0.1, -0.05) is 30.3 Å². The van der Waals surface area contributed by atoms with Gasteiger partial charge in [0.1, 0.15) is 0 Å². The second-order valence-corrected chi connectivity index (χ2v) is 8.38. The van der Waals surface area contributed by atoms with E-state index in [1.165, 1.54) is 19.6 Å². The van der Waals surface area contributed by atoms with Gasteiger partial charge < -0.3 is 5.32 Å². The van der Waals surface area contributed by atoms with Crippen molar-refractivity contribution in [2.45, 2.75) is 6.54 Å². The lowest BCUT2D eigenvalue weighted by molar-refractivity contribution is 0.517. The normalized spacial score (nSPS) is 12.0. The first-order valence-corrected chi connectivity index (χ1v) is 9.16. The lowest BCUT2D eigenvalue weighted by Gasteiger charge is -2.11. The van der Waals surface area contributed by atoms with E-state index in [1.54, 1.807) is 25.4 Å². The minimum Gasteiger partial charge on any atom is -0.311 e. The highest BCUT2D eigenvalue weighted by atomic mass is 32.2. The van der Waals surface area contributed by atoms with E-state index in [0.29, 0.717) is 13.1 Å². The lowest BCUT2D eigenvalue weighted by atomic mass is 10.2. The largest absolute Gasteiger partial charge is 0.311 e. The molecule has 0 amide bonds. The molecular weight excluding hydrogens is 304 g/mol. The number of thiophene rings is 1. The fraction of sp³-hybridized carbons (Fsp3) is 0.333. The molecule has 2 aromatic rings. The van der Waals surface area contributed by atoms with Crippen molar-refractivity contribution in [2.24, 2.45) is 0 Å². The van der Waals surface area contributed by atoms with Crippen LogP contribution in [0.25, 0.3) is 10.4 Å². The van der Waals surface area contributed by atoms with E-state index in [4.69, 9.17) is 0 Å². The van der Waals surface area contributed by atoms with Gasteiger partial charge in [0.25, 0.3) is 0 Å². The molecule has 4 nitrogen and oxygen atoms in total. The van der Waals surface area contributed by atoms with E-state index in [-0.39, 0.29) is 5.75 Å². The summed E-state index contributed by atoms with van der Waals surface area (Å²) >= 11 is 1.73. The van der Waals surface area contributed by atoms with Crippen LogP contribution in [-0.2, 0) is 16.6 Å². The van der Waals surface area contributed by atoms with Crippen LogP contribution in [0.3, 0.4) is 0 Å². The summed E-state index contributed by atoms with van der Waals surface area (Å²) in [6, 6.07) is 14.4. The smallest absolute Gasteiger partial charge is 0.214 e. The van der Waals surface area contributed by atoms with Gasteiger partial charge in [0.05, 0.1) is 5.75 Å². The lowest BCUT2D eigenvalue weighted by Crippen LogP contribution is -2.30. The summed E-state index contributed by atoms with van der Waals surface area (Å²) in [7, 11) is -0.00359. The first kappa shape index (κ1) is 16.2. The molecule has 1 aromatic heterocycles. The highest BCUT2D eigenvalue weighted by Crippen LogP contribution is 2.27. The topological polar surface area (TPSA) is 49.4 Å². The minimum atomic E-state index is -3.12. The minimum absolute atomic E-state index is 0.122. The Morgan fingerprint density at radius 2 is 1.81 bits per heavy atom.